The van der Waals surface area contributed by atoms with Gasteiger partial charge in [-0.3, -0.25) is 4.72 Å². The Morgan fingerprint density at radius 3 is 2.60 bits per heavy atom. The minimum atomic E-state index is -3.77. The first-order valence-corrected chi connectivity index (χ1v) is 7.95. The summed E-state index contributed by atoms with van der Waals surface area (Å²) in [5.41, 5.74) is 0.647. The third-order valence-electron chi connectivity index (χ3n) is 2.35. The molecule has 0 aromatic carbocycles. The van der Waals surface area contributed by atoms with Crippen molar-refractivity contribution in [1.82, 2.24) is 4.98 Å². The molecule has 0 aliphatic carbocycles. The Labute approximate surface area is 124 Å². The number of rotatable bonds is 4. The van der Waals surface area contributed by atoms with Gasteiger partial charge in [-0.15, -0.1) is 11.3 Å². The van der Waals surface area contributed by atoms with Gasteiger partial charge in [0.25, 0.3) is 10.0 Å². The summed E-state index contributed by atoms with van der Waals surface area (Å²) < 4.78 is 26.9. The highest BCUT2D eigenvalue weighted by Crippen LogP contribution is 2.30. The van der Waals surface area contributed by atoms with Crippen molar-refractivity contribution in [3.63, 3.8) is 0 Å². The molecule has 0 spiro atoms. The number of halogens is 1. The average molecular weight is 333 g/mol. The number of hydrogen-bond acceptors (Lipinski definition) is 5. The predicted octanol–water partition coefficient (Wildman–Crippen LogP) is 2.60. The number of carboxylic acid groups (broad SMARTS) is 1. The van der Waals surface area contributed by atoms with Crippen LogP contribution in [-0.2, 0) is 10.0 Å². The fourth-order valence-corrected chi connectivity index (χ4v) is 4.05. The van der Waals surface area contributed by atoms with Crippen molar-refractivity contribution in [2.24, 2.45) is 0 Å². The van der Waals surface area contributed by atoms with Crippen molar-refractivity contribution in [3.8, 4) is 0 Å². The SMILES string of the molecule is Cc1cc(S(=O)(=O)Nc2ccc(C(=O)O)cn2)sc1Cl. The Morgan fingerprint density at radius 1 is 1.45 bits per heavy atom. The van der Waals surface area contributed by atoms with E-state index >= 15 is 0 Å². The van der Waals surface area contributed by atoms with Gasteiger partial charge in [-0.2, -0.15) is 0 Å². The number of aryl methyl sites for hydroxylation is 1. The Hall–Kier alpha value is -1.64. The normalized spacial score (nSPS) is 11.3. The zero-order valence-corrected chi connectivity index (χ0v) is 12.5. The van der Waals surface area contributed by atoms with Crippen molar-refractivity contribution in [2.75, 3.05) is 4.72 Å². The first kappa shape index (κ1) is 14.8. The second-order valence-electron chi connectivity index (χ2n) is 3.86. The Bertz CT molecular complexity index is 734. The van der Waals surface area contributed by atoms with Crippen LogP contribution in [-0.4, -0.2) is 24.5 Å². The fraction of sp³-hybridized carbons (Fsp3) is 0.0909. The van der Waals surface area contributed by atoms with Crippen LogP contribution in [0.2, 0.25) is 4.34 Å². The maximum atomic E-state index is 12.1. The lowest BCUT2D eigenvalue weighted by atomic mass is 10.3. The van der Waals surface area contributed by atoms with Crippen molar-refractivity contribution < 1.29 is 18.3 Å². The van der Waals surface area contributed by atoms with Gasteiger partial charge < -0.3 is 5.11 Å². The number of nitrogens with zero attached hydrogens (tertiary/aromatic N) is 1. The topological polar surface area (TPSA) is 96.4 Å². The quantitative estimate of drug-likeness (QED) is 0.897. The molecule has 0 radical (unpaired) electrons. The number of hydrogen-bond donors (Lipinski definition) is 2. The first-order valence-electron chi connectivity index (χ1n) is 5.28. The maximum Gasteiger partial charge on any atom is 0.337 e. The minimum Gasteiger partial charge on any atom is -0.478 e. The Morgan fingerprint density at radius 2 is 2.15 bits per heavy atom. The van der Waals surface area contributed by atoms with Gasteiger partial charge in [-0.25, -0.2) is 18.2 Å². The van der Waals surface area contributed by atoms with Crippen LogP contribution < -0.4 is 4.72 Å². The smallest absolute Gasteiger partial charge is 0.337 e. The lowest BCUT2D eigenvalue weighted by Gasteiger charge is -2.05. The summed E-state index contributed by atoms with van der Waals surface area (Å²) in [4.78, 5) is 14.4. The molecule has 0 unspecified atom stereocenters. The van der Waals surface area contributed by atoms with Crippen LogP contribution >= 0.6 is 22.9 Å². The highest BCUT2D eigenvalue weighted by Gasteiger charge is 2.19. The van der Waals surface area contributed by atoms with E-state index in [1.165, 1.54) is 18.2 Å². The molecule has 2 aromatic rings. The largest absolute Gasteiger partial charge is 0.478 e. The third-order valence-corrected chi connectivity index (χ3v) is 5.73. The molecule has 2 rings (SSSR count). The van der Waals surface area contributed by atoms with Gasteiger partial charge in [-0.1, -0.05) is 11.6 Å². The molecule has 0 amide bonds. The zero-order chi connectivity index (χ0) is 14.9. The minimum absolute atomic E-state index is 0.0250. The molecule has 0 saturated carbocycles. The second kappa shape index (κ2) is 5.39. The number of nitrogens with one attached hydrogen (secondary N) is 1. The number of thiophene rings is 1. The Kier molecular flexibility index (Phi) is 3.98. The van der Waals surface area contributed by atoms with Crippen molar-refractivity contribution in [2.45, 2.75) is 11.1 Å². The number of carboxylic acids is 1. The van der Waals surface area contributed by atoms with Crippen LogP contribution in [0, 0.1) is 6.92 Å². The molecule has 2 N–H and O–H groups in total. The fourth-order valence-electron chi connectivity index (χ4n) is 1.33. The van der Waals surface area contributed by atoms with Crippen molar-refractivity contribution in [3.05, 3.63) is 39.9 Å². The monoisotopic (exact) mass is 332 g/mol. The summed E-state index contributed by atoms with van der Waals surface area (Å²) >= 11 is 6.78. The number of anilines is 1. The lowest BCUT2D eigenvalue weighted by molar-refractivity contribution is 0.0696. The summed E-state index contributed by atoms with van der Waals surface area (Å²) in [6.07, 6.45) is 1.08. The van der Waals surface area contributed by atoms with Crippen LogP contribution in [0.15, 0.2) is 28.6 Å². The van der Waals surface area contributed by atoms with E-state index < -0.39 is 16.0 Å². The molecule has 0 aliphatic rings. The highest BCUT2D eigenvalue weighted by molar-refractivity contribution is 7.94. The van der Waals surface area contributed by atoms with Crippen LogP contribution in [0.1, 0.15) is 15.9 Å². The third kappa shape index (κ3) is 3.09. The predicted molar refractivity (Wildman–Crippen MR) is 76.1 cm³/mol. The molecule has 9 heteroatoms. The molecule has 0 atom stereocenters. The summed E-state index contributed by atoms with van der Waals surface area (Å²) in [5, 5.41) is 8.73. The number of aromatic nitrogens is 1. The molecule has 106 valence electrons. The maximum absolute atomic E-state index is 12.1. The van der Waals surface area contributed by atoms with Gasteiger partial charge in [-0.05, 0) is 30.7 Å². The van der Waals surface area contributed by atoms with E-state index in [9.17, 15) is 13.2 Å². The highest BCUT2D eigenvalue weighted by atomic mass is 35.5. The van der Waals surface area contributed by atoms with Gasteiger partial charge >= 0.3 is 5.97 Å². The van der Waals surface area contributed by atoms with Gasteiger partial charge in [0.05, 0.1) is 9.90 Å². The Balaban J connectivity index is 2.26. The molecule has 0 fully saturated rings. The van der Waals surface area contributed by atoms with E-state index in [0.29, 0.717) is 9.90 Å². The van der Waals surface area contributed by atoms with E-state index in [4.69, 9.17) is 16.7 Å². The summed E-state index contributed by atoms with van der Waals surface area (Å²) in [7, 11) is -3.77. The van der Waals surface area contributed by atoms with E-state index in [-0.39, 0.29) is 15.6 Å². The number of carbonyl (C=O) groups is 1. The summed E-state index contributed by atoms with van der Waals surface area (Å²) in [6.45, 7) is 1.71. The first-order chi connectivity index (χ1) is 9.29. The van der Waals surface area contributed by atoms with Crippen LogP contribution in [0.3, 0.4) is 0 Å². The molecule has 20 heavy (non-hydrogen) atoms. The van der Waals surface area contributed by atoms with Crippen molar-refractivity contribution >= 4 is 44.7 Å². The molecule has 0 aliphatic heterocycles. The van der Waals surface area contributed by atoms with Gasteiger partial charge in [0, 0.05) is 6.20 Å². The van der Waals surface area contributed by atoms with E-state index in [2.05, 4.69) is 9.71 Å². The van der Waals surface area contributed by atoms with Crippen LogP contribution in [0.5, 0.6) is 0 Å². The van der Waals surface area contributed by atoms with Crippen LogP contribution in [0.25, 0.3) is 0 Å². The summed E-state index contributed by atoms with van der Waals surface area (Å²) in [5.74, 6) is -1.09. The van der Waals surface area contributed by atoms with E-state index in [0.717, 1.165) is 17.5 Å². The number of pyridine rings is 1. The molecule has 2 aromatic heterocycles. The molecule has 0 saturated heterocycles. The zero-order valence-electron chi connectivity index (χ0n) is 10.1. The van der Waals surface area contributed by atoms with Gasteiger partial charge in [0.1, 0.15) is 10.0 Å². The number of aromatic carboxylic acids is 1. The lowest BCUT2D eigenvalue weighted by Crippen LogP contribution is -2.12. The molecule has 6 nitrogen and oxygen atoms in total. The van der Waals surface area contributed by atoms with Gasteiger partial charge in [0.2, 0.25) is 0 Å². The summed E-state index contributed by atoms with van der Waals surface area (Å²) in [6, 6.07) is 4.00. The van der Waals surface area contributed by atoms with E-state index in [1.807, 2.05) is 0 Å². The van der Waals surface area contributed by atoms with Crippen LogP contribution in [0.4, 0.5) is 5.82 Å². The average Bonchev–Trinajstić information content (AvgIpc) is 2.71. The molecular weight excluding hydrogens is 324 g/mol. The van der Waals surface area contributed by atoms with Gasteiger partial charge in [0.15, 0.2) is 0 Å². The molecule has 0 bridgehead atoms. The second-order valence-corrected chi connectivity index (χ2v) is 7.43. The standard InChI is InChI=1S/C11H9ClN2O4S2/c1-6-4-9(19-10(6)12)20(17,18)14-8-3-2-7(5-13-8)11(15)16/h2-5H,1H3,(H,13,14)(H,15,16). The molecular formula is C11H9ClN2O4S2. The molecule has 2 heterocycles. The van der Waals surface area contributed by atoms with E-state index in [1.54, 1.807) is 6.92 Å². The number of sulfonamides is 1. The van der Waals surface area contributed by atoms with Crippen molar-refractivity contribution in [1.29, 1.82) is 0 Å².